The van der Waals surface area contributed by atoms with Gasteiger partial charge in [0.2, 0.25) is 5.91 Å². The van der Waals surface area contributed by atoms with Crippen LogP contribution in [-0.2, 0) is 11.3 Å². The largest absolute Gasteiger partial charge is 0.325 e. The van der Waals surface area contributed by atoms with E-state index in [1.54, 1.807) is 6.08 Å². The van der Waals surface area contributed by atoms with Crippen molar-refractivity contribution in [3.05, 3.63) is 70.1 Å². The highest BCUT2D eigenvalue weighted by molar-refractivity contribution is 9.10. The van der Waals surface area contributed by atoms with Crippen molar-refractivity contribution in [2.45, 2.75) is 11.7 Å². The first kappa shape index (κ1) is 19.9. The van der Waals surface area contributed by atoms with Crippen LogP contribution in [0.5, 0.6) is 0 Å². The van der Waals surface area contributed by atoms with E-state index in [0.29, 0.717) is 11.7 Å². The van der Waals surface area contributed by atoms with Gasteiger partial charge in [0.25, 0.3) is 0 Å². The topological polar surface area (TPSA) is 59.8 Å². The van der Waals surface area contributed by atoms with Crippen LogP contribution in [-0.4, -0.2) is 26.4 Å². The van der Waals surface area contributed by atoms with E-state index in [0.717, 1.165) is 26.0 Å². The number of thioether (sulfide) groups is 1. The van der Waals surface area contributed by atoms with Crippen molar-refractivity contribution in [3.63, 3.8) is 0 Å². The first-order valence-corrected chi connectivity index (χ1v) is 10.6. The molecule has 3 rings (SSSR count). The van der Waals surface area contributed by atoms with E-state index in [9.17, 15) is 4.79 Å². The number of nitrogens with zero attached hydrogens (tertiary/aromatic N) is 3. The number of anilines is 1. The van der Waals surface area contributed by atoms with Gasteiger partial charge < -0.3 is 5.32 Å². The monoisotopic (exact) mass is 506 g/mol. The summed E-state index contributed by atoms with van der Waals surface area (Å²) in [4.78, 5) is 12.2. The van der Waals surface area contributed by atoms with E-state index in [1.165, 1.54) is 11.8 Å². The Morgan fingerprint density at radius 2 is 1.89 bits per heavy atom. The molecule has 0 radical (unpaired) electrons. The SMILES string of the molecule is C=CCn1c(SCC(=O)Nc2ccc(Br)cc2)nnc1-c1ccccc1Br. The van der Waals surface area contributed by atoms with Crippen LogP contribution in [0.2, 0.25) is 0 Å². The smallest absolute Gasteiger partial charge is 0.234 e. The summed E-state index contributed by atoms with van der Waals surface area (Å²) in [5.41, 5.74) is 1.70. The molecule has 0 bridgehead atoms. The molecule has 0 saturated heterocycles. The summed E-state index contributed by atoms with van der Waals surface area (Å²) >= 11 is 8.27. The number of carbonyl (C=O) groups is 1. The van der Waals surface area contributed by atoms with Crippen LogP contribution in [0.15, 0.2) is 75.3 Å². The number of hydrogen-bond acceptors (Lipinski definition) is 4. The number of carbonyl (C=O) groups excluding carboxylic acids is 1. The summed E-state index contributed by atoms with van der Waals surface area (Å²) in [7, 11) is 0. The first-order valence-electron chi connectivity index (χ1n) is 8.05. The van der Waals surface area contributed by atoms with E-state index in [4.69, 9.17) is 0 Å². The Hall–Kier alpha value is -1.90. The van der Waals surface area contributed by atoms with Crippen molar-refractivity contribution in [2.24, 2.45) is 0 Å². The molecule has 0 saturated carbocycles. The molecule has 0 aliphatic carbocycles. The lowest BCUT2D eigenvalue weighted by molar-refractivity contribution is -0.113. The van der Waals surface area contributed by atoms with Crippen LogP contribution in [0.25, 0.3) is 11.4 Å². The van der Waals surface area contributed by atoms with Crippen LogP contribution >= 0.6 is 43.6 Å². The average Bonchev–Trinajstić information content (AvgIpc) is 3.05. The fourth-order valence-corrected chi connectivity index (χ4v) is 3.87. The zero-order valence-electron chi connectivity index (χ0n) is 14.2. The molecule has 0 atom stereocenters. The van der Waals surface area contributed by atoms with Crippen molar-refractivity contribution in [3.8, 4) is 11.4 Å². The van der Waals surface area contributed by atoms with Crippen molar-refractivity contribution < 1.29 is 4.79 Å². The van der Waals surface area contributed by atoms with Crippen molar-refractivity contribution in [2.75, 3.05) is 11.1 Å². The number of aromatic nitrogens is 3. The van der Waals surface area contributed by atoms with E-state index < -0.39 is 0 Å². The van der Waals surface area contributed by atoms with Crippen LogP contribution in [0.4, 0.5) is 5.69 Å². The second-order valence-corrected chi connectivity index (χ2v) is 8.24. The Balaban J connectivity index is 1.73. The van der Waals surface area contributed by atoms with Gasteiger partial charge in [0.1, 0.15) is 0 Å². The fourth-order valence-electron chi connectivity index (χ4n) is 2.39. The normalized spacial score (nSPS) is 10.6. The molecule has 0 aliphatic rings. The number of nitrogens with one attached hydrogen (secondary N) is 1. The number of halogens is 2. The lowest BCUT2D eigenvalue weighted by atomic mass is 10.2. The highest BCUT2D eigenvalue weighted by Crippen LogP contribution is 2.29. The van der Waals surface area contributed by atoms with Crippen LogP contribution in [0, 0.1) is 0 Å². The van der Waals surface area contributed by atoms with Gasteiger partial charge in [0, 0.05) is 26.7 Å². The van der Waals surface area contributed by atoms with Crippen molar-refractivity contribution in [1.29, 1.82) is 0 Å². The second kappa shape index (κ2) is 9.34. The minimum absolute atomic E-state index is 0.0992. The van der Waals surface area contributed by atoms with Gasteiger partial charge in [-0.25, -0.2) is 0 Å². The van der Waals surface area contributed by atoms with E-state index in [1.807, 2.05) is 53.1 Å². The molecule has 0 spiro atoms. The summed E-state index contributed by atoms with van der Waals surface area (Å²) in [5.74, 6) is 0.873. The first-order chi connectivity index (χ1) is 13.1. The van der Waals surface area contributed by atoms with Gasteiger partial charge in [0.05, 0.1) is 5.75 Å². The highest BCUT2D eigenvalue weighted by atomic mass is 79.9. The minimum Gasteiger partial charge on any atom is -0.325 e. The van der Waals surface area contributed by atoms with Gasteiger partial charge in [-0.3, -0.25) is 9.36 Å². The lowest BCUT2D eigenvalue weighted by Gasteiger charge is -2.09. The maximum absolute atomic E-state index is 12.2. The van der Waals surface area contributed by atoms with Gasteiger partial charge in [-0.1, -0.05) is 67.9 Å². The number of rotatable bonds is 7. The van der Waals surface area contributed by atoms with E-state index in [-0.39, 0.29) is 11.7 Å². The van der Waals surface area contributed by atoms with Crippen LogP contribution in [0.1, 0.15) is 0 Å². The molecule has 2 aromatic carbocycles. The third-order valence-electron chi connectivity index (χ3n) is 3.60. The minimum atomic E-state index is -0.0992. The molecule has 0 aliphatic heterocycles. The fraction of sp³-hybridized carbons (Fsp3) is 0.105. The Bertz CT molecular complexity index is 957. The maximum Gasteiger partial charge on any atom is 0.234 e. The molecule has 5 nitrogen and oxygen atoms in total. The van der Waals surface area contributed by atoms with E-state index >= 15 is 0 Å². The highest BCUT2D eigenvalue weighted by Gasteiger charge is 2.16. The predicted octanol–water partition coefficient (Wildman–Crippen LogP) is 5.39. The molecule has 27 heavy (non-hydrogen) atoms. The zero-order valence-corrected chi connectivity index (χ0v) is 18.2. The molecule has 0 unspecified atom stereocenters. The molecule has 1 N–H and O–H groups in total. The van der Waals surface area contributed by atoms with Gasteiger partial charge in [-0.2, -0.15) is 0 Å². The zero-order chi connectivity index (χ0) is 19.2. The maximum atomic E-state index is 12.2. The number of benzene rings is 2. The third kappa shape index (κ3) is 5.09. The van der Waals surface area contributed by atoms with Gasteiger partial charge in [-0.05, 0) is 30.3 Å². The predicted molar refractivity (Wildman–Crippen MR) is 117 cm³/mol. The van der Waals surface area contributed by atoms with Crippen LogP contribution < -0.4 is 5.32 Å². The molecule has 1 aromatic heterocycles. The number of allylic oxidation sites excluding steroid dienone is 1. The van der Waals surface area contributed by atoms with Gasteiger partial charge in [-0.15, -0.1) is 16.8 Å². The standard InChI is InChI=1S/C19H16Br2N4OS/c1-2-11-25-18(15-5-3-4-6-16(15)21)23-24-19(25)27-12-17(26)22-14-9-7-13(20)8-10-14/h2-10H,1,11-12H2,(H,22,26). The molecular weight excluding hydrogens is 492 g/mol. The summed E-state index contributed by atoms with van der Waals surface area (Å²) < 4.78 is 3.85. The lowest BCUT2D eigenvalue weighted by Crippen LogP contribution is -2.14. The summed E-state index contributed by atoms with van der Waals surface area (Å²) in [5, 5.41) is 12.1. The van der Waals surface area contributed by atoms with Crippen molar-refractivity contribution >= 4 is 55.2 Å². The number of hydrogen-bond donors (Lipinski definition) is 1. The quantitative estimate of drug-likeness (QED) is 0.344. The van der Waals surface area contributed by atoms with Gasteiger partial charge in [0.15, 0.2) is 11.0 Å². The Labute approximate surface area is 178 Å². The van der Waals surface area contributed by atoms with E-state index in [2.05, 4.69) is 54.0 Å². The van der Waals surface area contributed by atoms with Gasteiger partial charge >= 0.3 is 0 Å². The molecular formula is C19H16Br2N4OS. The second-order valence-electron chi connectivity index (χ2n) is 5.53. The Morgan fingerprint density at radius 1 is 1.15 bits per heavy atom. The average molecular weight is 508 g/mol. The summed E-state index contributed by atoms with van der Waals surface area (Å²) in [6.45, 7) is 4.37. The molecule has 8 heteroatoms. The van der Waals surface area contributed by atoms with Crippen LogP contribution in [0.3, 0.4) is 0 Å². The molecule has 3 aromatic rings. The molecule has 138 valence electrons. The Morgan fingerprint density at radius 3 is 2.59 bits per heavy atom. The van der Waals surface area contributed by atoms with Crippen molar-refractivity contribution in [1.82, 2.24) is 14.8 Å². The third-order valence-corrected chi connectivity index (χ3v) is 5.79. The summed E-state index contributed by atoms with van der Waals surface area (Å²) in [6, 6.07) is 15.3. The summed E-state index contributed by atoms with van der Waals surface area (Å²) in [6.07, 6.45) is 1.79. The molecule has 1 amide bonds. The molecule has 0 fully saturated rings. The number of amides is 1. The Kier molecular flexibility index (Phi) is 6.87. The molecule has 1 heterocycles.